The van der Waals surface area contributed by atoms with Gasteiger partial charge in [0.05, 0.1) is 11.3 Å². The summed E-state index contributed by atoms with van der Waals surface area (Å²) in [6.45, 7) is -0.868. The zero-order valence-electron chi connectivity index (χ0n) is 9.41. The number of amides is 3. The Balaban J connectivity index is 2.71. The predicted molar refractivity (Wildman–Crippen MR) is 58.8 cm³/mol. The standard InChI is InChI=1S/C10H9F2N3O4/c11-5-2-7(13)6(12)1-4(5)9(17)19-3-8(16)15-10(14)18/h1-2H,3,13H2,(H3,14,15,16,18). The van der Waals surface area contributed by atoms with Gasteiger partial charge in [-0.2, -0.15) is 0 Å². The Morgan fingerprint density at radius 2 is 1.84 bits per heavy atom. The Kier molecular flexibility index (Phi) is 4.35. The highest BCUT2D eigenvalue weighted by Crippen LogP contribution is 2.17. The number of carbonyl (C=O) groups excluding carboxylic acids is 3. The number of rotatable bonds is 3. The first kappa shape index (κ1) is 14.4. The fourth-order valence-corrected chi connectivity index (χ4v) is 1.10. The molecule has 0 heterocycles. The molecule has 0 unspecified atom stereocenters. The van der Waals surface area contributed by atoms with Crippen molar-refractivity contribution in [3.05, 3.63) is 29.3 Å². The highest BCUT2D eigenvalue weighted by atomic mass is 19.1. The predicted octanol–water partition coefficient (Wildman–Crippen LogP) is -0.101. The van der Waals surface area contributed by atoms with Crippen molar-refractivity contribution < 1.29 is 27.9 Å². The van der Waals surface area contributed by atoms with Crippen molar-refractivity contribution in [2.24, 2.45) is 5.73 Å². The van der Waals surface area contributed by atoms with Gasteiger partial charge >= 0.3 is 12.0 Å². The number of urea groups is 1. The van der Waals surface area contributed by atoms with Crippen molar-refractivity contribution in [1.29, 1.82) is 0 Å². The van der Waals surface area contributed by atoms with Crippen molar-refractivity contribution in [3.63, 3.8) is 0 Å². The molecule has 0 saturated heterocycles. The van der Waals surface area contributed by atoms with Crippen molar-refractivity contribution >= 4 is 23.6 Å². The van der Waals surface area contributed by atoms with Crippen LogP contribution in [0.15, 0.2) is 12.1 Å². The molecule has 0 aromatic heterocycles. The number of nitrogen functional groups attached to an aromatic ring is 1. The van der Waals surface area contributed by atoms with Gasteiger partial charge in [-0.25, -0.2) is 18.4 Å². The van der Waals surface area contributed by atoms with Gasteiger partial charge in [0.25, 0.3) is 5.91 Å². The highest BCUT2D eigenvalue weighted by Gasteiger charge is 2.17. The van der Waals surface area contributed by atoms with Crippen LogP contribution in [-0.4, -0.2) is 24.5 Å². The molecule has 1 aromatic carbocycles. The van der Waals surface area contributed by atoms with E-state index in [1.165, 1.54) is 0 Å². The number of nitrogens with one attached hydrogen (secondary N) is 1. The second kappa shape index (κ2) is 5.76. The Hall–Kier alpha value is -2.71. The second-order valence-electron chi connectivity index (χ2n) is 3.34. The van der Waals surface area contributed by atoms with Crippen LogP contribution in [0.5, 0.6) is 0 Å². The van der Waals surface area contributed by atoms with Gasteiger partial charge in [-0.1, -0.05) is 0 Å². The first-order chi connectivity index (χ1) is 8.81. The molecule has 0 saturated carbocycles. The van der Waals surface area contributed by atoms with Crippen LogP contribution in [0, 0.1) is 11.6 Å². The SMILES string of the molecule is NC(=O)NC(=O)COC(=O)c1cc(F)c(N)cc1F. The van der Waals surface area contributed by atoms with E-state index in [9.17, 15) is 23.2 Å². The highest BCUT2D eigenvalue weighted by molar-refractivity contribution is 5.96. The Morgan fingerprint density at radius 3 is 2.42 bits per heavy atom. The average molecular weight is 273 g/mol. The van der Waals surface area contributed by atoms with E-state index in [1.54, 1.807) is 5.32 Å². The number of halogens is 2. The van der Waals surface area contributed by atoms with E-state index >= 15 is 0 Å². The van der Waals surface area contributed by atoms with Gasteiger partial charge in [0.15, 0.2) is 6.61 Å². The van der Waals surface area contributed by atoms with Gasteiger partial charge in [0.2, 0.25) is 0 Å². The molecule has 0 spiro atoms. The summed E-state index contributed by atoms with van der Waals surface area (Å²) >= 11 is 0. The zero-order chi connectivity index (χ0) is 14.6. The van der Waals surface area contributed by atoms with Gasteiger partial charge < -0.3 is 16.2 Å². The number of benzene rings is 1. The third kappa shape index (κ3) is 3.91. The molecular weight excluding hydrogens is 264 g/mol. The molecule has 9 heteroatoms. The molecule has 0 radical (unpaired) electrons. The Bertz CT molecular complexity index is 548. The normalized spacial score (nSPS) is 9.79. The first-order valence-electron chi connectivity index (χ1n) is 4.82. The van der Waals surface area contributed by atoms with E-state index < -0.39 is 47.4 Å². The van der Waals surface area contributed by atoms with Crippen LogP contribution in [0.25, 0.3) is 0 Å². The molecule has 19 heavy (non-hydrogen) atoms. The van der Waals surface area contributed by atoms with Crippen molar-refractivity contribution in [2.75, 3.05) is 12.3 Å². The number of nitrogens with two attached hydrogens (primary N) is 2. The van der Waals surface area contributed by atoms with E-state index in [-0.39, 0.29) is 0 Å². The lowest BCUT2D eigenvalue weighted by Crippen LogP contribution is -2.37. The van der Waals surface area contributed by atoms with Crippen LogP contribution in [0.1, 0.15) is 10.4 Å². The van der Waals surface area contributed by atoms with E-state index in [0.29, 0.717) is 12.1 Å². The van der Waals surface area contributed by atoms with E-state index in [1.807, 2.05) is 0 Å². The number of carbonyl (C=O) groups is 3. The third-order valence-electron chi connectivity index (χ3n) is 1.90. The molecule has 0 aliphatic heterocycles. The number of imide groups is 1. The molecule has 1 rings (SSSR count). The molecule has 0 bridgehead atoms. The minimum atomic E-state index is -1.28. The number of hydrogen-bond acceptors (Lipinski definition) is 5. The number of hydrogen-bond donors (Lipinski definition) is 3. The number of esters is 1. The summed E-state index contributed by atoms with van der Waals surface area (Å²) in [5.41, 5.74) is 8.53. The minimum absolute atomic E-state index is 0.472. The van der Waals surface area contributed by atoms with Gasteiger partial charge in [-0.05, 0) is 6.07 Å². The molecule has 0 aliphatic rings. The van der Waals surface area contributed by atoms with Crippen LogP contribution < -0.4 is 16.8 Å². The van der Waals surface area contributed by atoms with Crippen molar-refractivity contribution in [2.45, 2.75) is 0 Å². The van der Waals surface area contributed by atoms with Gasteiger partial charge in [0.1, 0.15) is 11.6 Å². The number of ether oxygens (including phenoxy) is 1. The zero-order valence-corrected chi connectivity index (χ0v) is 9.41. The molecule has 0 fully saturated rings. The molecular formula is C10H9F2N3O4. The summed E-state index contributed by atoms with van der Waals surface area (Å²) in [5, 5.41) is 1.62. The fraction of sp³-hybridized carbons (Fsp3) is 0.100. The molecule has 5 N–H and O–H groups in total. The summed E-state index contributed by atoms with van der Waals surface area (Å²) in [7, 11) is 0. The second-order valence-corrected chi connectivity index (χ2v) is 3.34. The quantitative estimate of drug-likeness (QED) is 0.524. The largest absolute Gasteiger partial charge is 0.452 e. The lowest BCUT2D eigenvalue weighted by Gasteiger charge is -2.06. The molecule has 3 amide bonds. The van der Waals surface area contributed by atoms with Crippen LogP contribution in [-0.2, 0) is 9.53 Å². The summed E-state index contributed by atoms with van der Waals surface area (Å²) < 4.78 is 30.7. The maximum absolute atomic E-state index is 13.3. The smallest absolute Gasteiger partial charge is 0.341 e. The van der Waals surface area contributed by atoms with Gasteiger partial charge in [-0.15, -0.1) is 0 Å². The van der Waals surface area contributed by atoms with E-state index in [2.05, 4.69) is 10.5 Å². The fourth-order valence-electron chi connectivity index (χ4n) is 1.10. The van der Waals surface area contributed by atoms with Crippen LogP contribution >= 0.6 is 0 Å². The molecule has 7 nitrogen and oxygen atoms in total. The van der Waals surface area contributed by atoms with E-state index in [4.69, 9.17) is 5.73 Å². The van der Waals surface area contributed by atoms with Crippen molar-refractivity contribution in [3.8, 4) is 0 Å². The van der Waals surface area contributed by atoms with Crippen molar-refractivity contribution in [1.82, 2.24) is 5.32 Å². The minimum Gasteiger partial charge on any atom is -0.452 e. The molecule has 1 aromatic rings. The summed E-state index contributed by atoms with van der Waals surface area (Å²) in [5.74, 6) is -4.39. The molecule has 102 valence electrons. The van der Waals surface area contributed by atoms with Gasteiger partial charge in [-0.3, -0.25) is 10.1 Å². The summed E-state index contributed by atoms with van der Waals surface area (Å²) in [6, 6.07) is 0.0137. The number of primary amides is 1. The monoisotopic (exact) mass is 273 g/mol. The molecule has 0 aliphatic carbocycles. The lowest BCUT2D eigenvalue weighted by atomic mass is 10.2. The first-order valence-corrected chi connectivity index (χ1v) is 4.82. The summed E-state index contributed by atoms with van der Waals surface area (Å²) in [6.07, 6.45) is 0. The maximum Gasteiger partial charge on any atom is 0.341 e. The van der Waals surface area contributed by atoms with Crippen LogP contribution in [0.3, 0.4) is 0 Å². The summed E-state index contributed by atoms with van der Waals surface area (Å²) in [4.78, 5) is 32.6. The number of anilines is 1. The maximum atomic E-state index is 13.3. The van der Waals surface area contributed by atoms with E-state index in [0.717, 1.165) is 0 Å². The molecule has 0 atom stereocenters. The lowest BCUT2D eigenvalue weighted by molar-refractivity contribution is -0.123. The van der Waals surface area contributed by atoms with Crippen LogP contribution in [0.4, 0.5) is 19.3 Å². The van der Waals surface area contributed by atoms with Crippen LogP contribution in [0.2, 0.25) is 0 Å². The Morgan fingerprint density at radius 1 is 1.21 bits per heavy atom. The third-order valence-corrected chi connectivity index (χ3v) is 1.90. The van der Waals surface area contributed by atoms with Gasteiger partial charge in [0, 0.05) is 6.07 Å². The Labute approximate surface area is 105 Å². The topological polar surface area (TPSA) is 125 Å². The average Bonchev–Trinajstić information content (AvgIpc) is 2.30.